The van der Waals surface area contributed by atoms with Crippen molar-refractivity contribution in [1.29, 1.82) is 0 Å². The van der Waals surface area contributed by atoms with Crippen molar-refractivity contribution in [2.75, 3.05) is 7.11 Å². The predicted octanol–water partition coefficient (Wildman–Crippen LogP) is 5.22. The minimum absolute atomic E-state index is 0.142. The van der Waals surface area contributed by atoms with Gasteiger partial charge < -0.3 is 4.74 Å². The number of aryl methyl sites for hydroxylation is 1. The van der Waals surface area contributed by atoms with Crippen LogP contribution in [0.1, 0.15) is 36.4 Å². The Bertz CT molecular complexity index is 1610. The Kier molecular flexibility index (Phi) is 9.65. The van der Waals surface area contributed by atoms with Crippen LogP contribution in [-0.2, 0) is 22.6 Å². The van der Waals surface area contributed by atoms with Crippen LogP contribution >= 0.6 is 46.0 Å². The summed E-state index contributed by atoms with van der Waals surface area (Å²) in [7, 11) is 1.34. The molecule has 38 heavy (non-hydrogen) atoms. The number of ether oxygens (including phenoxy) is 1. The molecule has 2 heterocycles. The molecule has 0 aliphatic carbocycles. The zero-order chi connectivity index (χ0) is 27.2. The zero-order valence-electron chi connectivity index (χ0n) is 21.8. The minimum Gasteiger partial charge on any atom is -0.468 e. The van der Waals surface area contributed by atoms with Crippen molar-refractivity contribution in [3.05, 3.63) is 101 Å². The molecule has 0 amide bonds. The van der Waals surface area contributed by atoms with E-state index in [0.717, 1.165) is 26.8 Å². The van der Waals surface area contributed by atoms with E-state index in [1.165, 1.54) is 28.6 Å². The lowest BCUT2D eigenvalue weighted by Gasteiger charge is -2.14. The lowest BCUT2D eigenvalue weighted by atomic mass is 10.1. The molecule has 4 aromatic rings. The van der Waals surface area contributed by atoms with Gasteiger partial charge in [-0.1, -0.05) is 84.9 Å². The number of thiazole rings is 2. The SMILES string of the molecule is CCC(C)/C(Sc1cc(Cl)ccc1C)=c1\s/c(=C\c2scc[n+]2Cc2ccccc2)n(CC(=O)OC)c1=O. The van der Waals surface area contributed by atoms with Crippen molar-refractivity contribution in [2.24, 2.45) is 5.92 Å². The van der Waals surface area contributed by atoms with E-state index >= 15 is 0 Å². The van der Waals surface area contributed by atoms with Crippen molar-refractivity contribution in [3.63, 3.8) is 0 Å². The first-order valence-electron chi connectivity index (χ1n) is 12.3. The third-order valence-corrected chi connectivity index (χ3v) is 10.1. The number of methoxy groups -OCH3 is 1. The Labute approximate surface area is 239 Å². The Hall–Kier alpha value is -2.65. The first kappa shape index (κ1) is 28.4. The lowest BCUT2D eigenvalue weighted by Crippen LogP contribution is -2.37. The number of thioether (sulfide) groups is 1. The van der Waals surface area contributed by atoms with Crippen LogP contribution in [0, 0.1) is 12.8 Å². The quantitative estimate of drug-likeness (QED) is 0.154. The average molecular weight is 586 g/mol. The van der Waals surface area contributed by atoms with E-state index in [0.29, 0.717) is 20.8 Å². The first-order valence-corrected chi connectivity index (χ1v) is 15.2. The molecule has 0 radical (unpaired) electrons. The number of hydrogen-bond donors (Lipinski definition) is 0. The number of esters is 1. The summed E-state index contributed by atoms with van der Waals surface area (Å²) in [5.74, 6) is -0.313. The summed E-state index contributed by atoms with van der Waals surface area (Å²) in [6.45, 7) is 6.85. The molecular formula is C29H30ClN2O3S3+. The summed E-state index contributed by atoms with van der Waals surface area (Å²) >= 11 is 10.9. The highest BCUT2D eigenvalue weighted by Crippen LogP contribution is 2.36. The Balaban J connectivity index is 1.91. The molecule has 9 heteroatoms. The molecule has 198 valence electrons. The standard InChI is InChI=1S/C29H30ClN2O3S3/c1-5-19(2)27(37-23-15-22(30)12-11-20(23)3)28-29(34)32(18-26(33)35-4)25(38-28)16-24-31(13-14-36-24)17-21-9-7-6-8-10-21/h6-16,19H,5,17-18H2,1-4H3/q+1/b28-27+. The van der Waals surface area contributed by atoms with E-state index in [-0.39, 0.29) is 18.0 Å². The van der Waals surface area contributed by atoms with Gasteiger partial charge in [-0.2, -0.15) is 4.57 Å². The summed E-state index contributed by atoms with van der Waals surface area (Å²) in [5.41, 5.74) is 2.10. The van der Waals surface area contributed by atoms with Crippen molar-refractivity contribution < 1.29 is 14.1 Å². The number of halogens is 1. The van der Waals surface area contributed by atoms with E-state index in [1.807, 2.05) is 61.0 Å². The molecule has 0 fully saturated rings. The molecule has 0 bridgehead atoms. The number of hydrogen-bond acceptors (Lipinski definition) is 6. The van der Waals surface area contributed by atoms with E-state index in [4.69, 9.17) is 16.3 Å². The number of carbonyl (C=O) groups is 1. The third-order valence-electron chi connectivity index (χ3n) is 6.24. The summed E-state index contributed by atoms with van der Waals surface area (Å²) in [6, 6.07) is 16.0. The van der Waals surface area contributed by atoms with Crippen LogP contribution in [0.3, 0.4) is 0 Å². The molecule has 0 saturated heterocycles. The maximum atomic E-state index is 13.8. The van der Waals surface area contributed by atoms with Gasteiger partial charge in [0.25, 0.3) is 10.6 Å². The second kappa shape index (κ2) is 12.9. The maximum Gasteiger partial charge on any atom is 0.325 e. The highest BCUT2D eigenvalue weighted by molar-refractivity contribution is 8.08. The Morgan fingerprint density at radius 3 is 2.71 bits per heavy atom. The molecule has 4 rings (SSSR count). The van der Waals surface area contributed by atoms with Gasteiger partial charge in [-0.15, -0.1) is 11.3 Å². The zero-order valence-corrected chi connectivity index (χ0v) is 25.0. The van der Waals surface area contributed by atoms with E-state index < -0.39 is 5.97 Å². The van der Waals surface area contributed by atoms with Gasteiger partial charge in [0.2, 0.25) is 0 Å². The topological polar surface area (TPSA) is 52.2 Å². The maximum absolute atomic E-state index is 13.8. The monoisotopic (exact) mass is 585 g/mol. The molecule has 0 aliphatic rings. The van der Waals surface area contributed by atoms with Crippen LogP contribution in [0.2, 0.25) is 5.02 Å². The fourth-order valence-electron chi connectivity index (χ4n) is 3.84. The lowest BCUT2D eigenvalue weighted by molar-refractivity contribution is -0.685. The molecule has 0 saturated carbocycles. The molecule has 0 spiro atoms. The van der Waals surface area contributed by atoms with Gasteiger partial charge in [0.1, 0.15) is 15.7 Å². The largest absolute Gasteiger partial charge is 0.468 e. The smallest absolute Gasteiger partial charge is 0.325 e. The number of nitrogens with zero attached hydrogens (tertiary/aromatic N) is 2. The van der Waals surface area contributed by atoms with Crippen LogP contribution < -0.4 is 19.3 Å². The first-order chi connectivity index (χ1) is 18.3. The predicted molar refractivity (Wildman–Crippen MR) is 158 cm³/mol. The van der Waals surface area contributed by atoms with Gasteiger partial charge in [0.15, 0.2) is 12.7 Å². The molecule has 1 unspecified atom stereocenters. The van der Waals surface area contributed by atoms with E-state index in [1.54, 1.807) is 23.1 Å². The number of carbonyl (C=O) groups excluding carboxylic acids is 1. The van der Waals surface area contributed by atoms with Gasteiger partial charge in [0.05, 0.1) is 18.6 Å². The highest BCUT2D eigenvalue weighted by Gasteiger charge is 2.19. The highest BCUT2D eigenvalue weighted by atomic mass is 35.5. The van der Waals surface area contributed by atoms with Gasteiger partial charge in [-0.25, -0.2) is 0 Å². The third kappa shape index (κ3) is 6.67. The van der Waals surface area contributed by atoms with Crippen molar-refractivity contribution >= 4 is 63.0 Å². The summed E-state index contributed by atoms with van der Waals surface area (Å²) < 4.78 is 9.97. The second-order valence-corrected chi connectivity index (χ2v) is 12.4. The van der Waals surface area contributed by atoms with Gasteiger partial charge in [-0.05, 0) is 37.0 Å². The second-order valence-electron chi connectivity index (χ2n) is 8.92. The average Bonchev–Trinajstić information content (AvgIpc) is 3.48. The summed E-state index contributed by atoms with van der Waals surface area (Å²) in [6.07, 6.45) is 4.91. The van der Waals surface area contributed by atoms with Gasteiger partial charge >= 0.3 is 5.97 Å². The van der Waals surface area contributed by atoms with Gasteiger partial charge in [-0.3, -0.25) is 14.2 Å². The fraction of sp³-hybridized carbons (Fsp3) is 0.276. The molecule has 0 N–H and O–H groups in total. The molecular weight excluding hydrogens is 556 g/mol. The number of aromatic nitrogens is 2. The number of benzene rings is 2. The molecule has 1 atom stereocenters. The fourth-order valence-corrected chi connectivity index (χ4v) is 7.52. The summed E-state index contributed by atoms with van der Waals surface area (Å²) in [4.78, 5) is 28.1. The Morgan fingerprint density at radius 1 is 1.24 bits per heavy atom. The molecule has 2 aromatic heterocycles. The van der Waals surface area contributed by atoms with Crippen molar-refractivity contribution in [2.45, 2.75) is 45.2 Å². The number of rotatable bonds is 9. The Morgan fingerprint density at radius 2 is 2.00 bits per heavy atom. The van der Waals surface area contributed by atoms with Crippen molar-refractivity contribution in [3.8, 4) is 0 Å². The molecule has 2 aromatic carbocycles. The molecule has 0 aliphatic heterocycles. The van der Waals surface area contributed by atoms with Gasteiger partial charge in [0, 0.05) is 20.4 Å². The van der Waals surface area contributed by atoms with Crippen LogP contribution in [0.5, 0.6) is 0 Å². The van der Waals surface area contributed by atoms with Crippen LogP contribution in [-0.4, -0.2) is 17.6 Å². The normalized spacial score (nSPS) is 13.4. The van der Waals surface area contributed by atoms with Crippen LogP contribution in [0.4, 0.5) is 0 Å². The van der Waals surface area contributed by atoms with E-state index in [2.05, 4.69) is 30.5 Å². The molecule has 5 nitrogen and oxygen atoms in total. The summed E-state index contributed by atoms with van der Waals surface area (Å²) in [5, 5.41) is 3.68. The van der Waals surface area contributed by atoms with Crippen molar-refractivity contribution in [1.82, 2.24) is 4.57 Å². The van der Waals surface area contributed by atoms with Crippen LogP contribution in [0.15, 0.2) is 69.8 Å². The van der Waals surface area contributed by atoms with Crippen LogP contribution in [0.25, 0.3) is 11.0 Å². The van der Waals surface area contributed by atoms with E-state index in [9.17, 15) is 9.59 Å². The minimum atomic E-state index is -0.460.